The molecule has 0 radical (unpaired) electrons. The van der Waals surface area contributed by atoms with Crippen LogP contribution in [0.1, 0.15) is 11.3 Å². The quantitative estimate of drug-likeness (QED) is 0.807. The predicted molar refractivity (Wildman–Crippen MR) is 66.1 cm³/mol. The highest BCUT2D eigenvalue weighted by molar-refractivity contribution is 7.91. The van der Waals surface area contributed by atoms with Crippen molar-refractivity contribution < 1.29 is 8.42 Å². The van der Waals surface area contributed by atoms with E-state index < -0.39 is 9.84 Å². The fourth-order valence-electron chi connectivity index (χ4n) is 1.81. The monoisotopic (exact) mass is 255 g/mol. The molecule has 0 unspecified atom stereocenters. The van der Waals surface area contributed by atoms with Gasteiger partial charge >= 0.3 is 0 Å². The summed E-state index contributed by atoms with van der Waals surface area (Å²) < 4.78 is 22.6. The summed E-state index contributed by atoms with van der Waals surface area (Å²) in [5.41, 5.74) is 7.47. The first kappa shape index (κ1) is 12.5. The summed E-state index contributed by atoms with van der Waals surface area (Å²) in [6.07, 6.45) is 1.77. The number of pyridine rings is 1. The molecule has 1 aromatic heterocycles. The molecule has 17 heavy (non-hydrogen) atoms. The Kier molecular flexibility index (Phi) is 3.76. The van der Waals surface area contributed by atoms with Gasteiger partial charge in [-0.05, 0) is 11.6 Å². The molecule has 1 aliphatic heterocycles. The van der Waals surface area contributed by atoms with E-state index in [4.69, 9.17) is 5.73 Å². The van der Waals surface area contributed by atoms with Gasteiger partial charge in [0.2, 0.25) is 0 Å². The van der Waals surface area contributed by atoms with E-state index in [2.05, 4.69) is 9.88 Å². The molecular weight excluding hydrogens is 238 g/mol. The summed E-state index contributed by atoms with van der Waals surface area (Å²) in [7, 11) is -2.80. The number of nitrogens with two attached hydrogens (primary N) is 1. The molecule has 0 bridgehead atoms. The van der Waals surface area contributed by atoms with Crippen LogP contribution in [-0.4, -0.2) is 42.9 Å². The van der Waals surface area contributed by atoms with E-state index in [9.17, 15) is 8.42 Å². The van der Waals surface area contributed by atoms with Crippen LogP contribution in [0.4, 0.5) is 0 Å². The third kappa shape index (κ3) is 3.49. The second-order valence-electron chi connectivity index (χ2n) is 4.29. The summed E-state index contributed by atoms with van der Waals surface area (Å²) in [4.78, 5) is 6.43. The van der Waals surface area contributed by atoms with Crippen LogP contribution in [0.2, 0.25) is 0 Å². The second kappa shape index (κ2) is 5.12. The second-order valence-corrected chi connectivity index (χ2v) is 6.59. The van der Waals surface area contributed by atoms with E-state index in [1.807, 2.05) is 12.1 Å². The zero-order valence-corrected chi connectivity index (χ0v) is 10.5. The maximum Gasteiger partial charge on any atom is 0.152 e. The lowest BCUT2D eigenvalue weighted by molar-refractivity contribution is 0.284. The van der Waals surface area contributed by atoms with Gasteiger partial charge in [0.05, 0.1) is 17.2 Å². The standard InChI is InChI=1S/C11H17N3O2S/c12-7-10-1-2-11(13-8-10)9-14-3-5-17(15,16)6-4-14/h1-2,8H,3-7,9,12H2. The molecule has 1 aliphatic rings. The predicted octanol–water partition coefficient (Wildman–Crippen LogP) is -0.229. The Balaban J connectivity index is 1.93. The number of hydrogen-bond acceptors (Lipinski definition) is 5. The number of aromatic nitrogens is 1. The summed E-state index contributed by atoms with van der Waals surface area (Å²) in [5.74, 6) is 0.516. The molecule has 0 atom stereocenters. The third-order valence-electron chi connectivity index (χ3n) is 2.94. The summed E-state index contributed by atoms with van der Waals surface area (Å²) >= 11 is 0. The first-order chi connectivity index (χ1) is 8.09. The van der Waals surface area contributed by atoms with Crippen LogP contribution in [0.3, 0.4) is 0 Å². The lowest BCUT2D eigenvalue weighted by atomic mass is 10.2. The Labute approximate surface area is 102 Å². The molecule has 2 heterocycles. The number of hydrogen-bond donors (Lipinski definition) is 1. The van der Waals surface area contributed by atoms with Crippen LogP contribution < -0.4 is 5.73 Å². The van der Waals surface area contributed by atoms with Crippen molar-refractivity contribution in [1.29, 1.82) is 0 Å². The molecule has 5 nitrogen and oxygen atoms in total. The minimum Gasteiger partial charge on any atom is -0.326 e. The Morgan fingerprint density at radius 1 is 1.29 bits per heavy atom. The molecule has 0 aromatic carbocycles. The molecule has 1 fully saturated rings. The molecule has 2 rings (SSSR count). The van der Waals surface area contributed by atoms with Gasteiger partial charge in [-0.15, -0.1) is 0 Å². The Hall–Kier alpha value is -0.980. The van der Waals surface area contributed by atoms with Gasteiger partial charge in [0.1, 0.15) is 0 Å². The van der Waals surface area contributed by atoms with Crippen molar-refractivity contribution in [3.8, 4) is 0 Å². The highest BCUT2D eigenvalue weighted by atomic mass is 32.2. The zero-order chi connectivity index (χ0) is 12.3. The van der Waals surface area contributed by atoms with Crippen LogP contribution in [0.25, 0.3) is 0 Å². The van der Waals surface area contributed by atoms with Crippen molar-refractivity contribution >= 4 is 9.84 Å². The lowest BCUT2D eigenvalue weighted by Crippen LogP contribution is -2.39. The van der Waals surface area contributed by atoms with E-state index in [0.29, 0.717) is 26.2 Å². The van der Waals surface area contributed by atoms with Crippen LogP contribution in [0, 0.1) is 0 Å². The fraction of sp³-hybridized carbons (Fsp3) is 0.545. The molecule has 6 heteroatoms. The van der Waals surface area contributed by atoms with Crippen molar-refractivity contribution in [3.05, 3.63) is 29.6 Å². The largest absolute Gasteiger partial charge is 0.326 e. The number of rotatable bonds is 3. The van der Waals surface area contributed by atoms with Crippen molar-refractivity contribution in [2.24, 2.45) is 5.73 Å². The summed E-state index contributed by atoms with van der Waals surface area (Å²) in [6, 6.07) is 3.91. The average molecular weight is 255 g/mol. The van der Waals surface area contributed by atoms with E-state index in [0.717, 1.165) is 11.3 Å². The van der Waals surface area contributed by atoms with Gasteiger partial charge in [0.15, 0.2) is 9.84 Å². The Morgan fingerprint density at radius 2 is 2.00 bits per heavy atom. The topological polar surface area (TPSA) is 76.3 Å². The van der Waals surface area contributed by atoms with Gasteiger partial charge in [-0.3, -0.25) is 9.88 Å². The third-order valence-corrected chi connectivity index (χ3v) is 4.55. The molecule has 0 spiro atoms. The summed E-state index contributed by atoms with van der Waals surface area (Å²) in [5, 5.41) is 0. The molecule has 94 valence electrons. The van der Waals surface area contributed by atoms with Crippen LogP contribution in [-0.2, 0) is 22.9 Å². The molecular formula is C11H17N3O2S. The molecule has 1 saturated heterocycles. The van der Waals surface area contributed by atoms with Crippen molar-refractivity contribution in [2.75, 3.05) is 24.6 Å². The van der Waals surface area contributed by atoms with Gasteiger partial charge in [-0.1, -0.05) is 6.07 Å². The van der Waals surface area contributed by atoms with Gasteiger partial charge in [-0.25, -0.2) is 8.42 Å². The van der Waals surface area contributed by atoms with Gasteiger partial charge < -0.3 is 5.73 Å². The molecule has 2 N–H and O–H groups in total. The molecule has 0 aliphatic carbocycles. The zero-order valence-electron chi connectivity index (χ0n) is 9.67. The van der Waals surface area contributed by atoms with E-state index in [-0.39, 0.29) is 11.5 Å². The Morgan fingerprint density at radius 3 is 2.53 bits per heavy atom. The number of nitrogens with zero attached hydrogens (tertiary/aromatic N) is 2. The van der Waals surface area contributed by atoms with E-state index in [1.54, 1.807) is 6.20 Å². The average Bonchev–Trinajstić information content (AvgIpc) is 2.33. The van der Waals surface area contributed by atoms with Crippen LogP contribution >= 0.6 is 0 Å². The van der Waals surface area contributed by atoms with Crippen molar-refractivity contribution in [1.82, 2.24) is 9.88 Å². The minimum absolute atomic E-state index is 0.258. The maximum atomic E-state index is 11.3. The van der Waals surface area contributed by atoms with Crippen LogP contribution in [0.15, 0.2) is 18.3 Å². The normalized spacial score (nSPS) is 20.3. The van der Waals surface area contributed by atoms with E-state index >= 15 is 0 Å². The van der Waals surface area contributed by atoms with E-state index in [1.165, 1.54) is 0 Å². The highest BCUT2D eigenvalue weighted by Crippen LogP contribution is 2.08. The molecule has 1 aromatic rings. The minimum atomic E-state index is -2.80. The first-order valence-electron chi connectivity index (χ1n) is 5.66. The summed E-state index contributed by atoms with van der Waals surface area (Å²) in [6.45, 7) is 2.40. The number of sulfone groups is 1. The highest BCUT2D eigenvalue weighted by Gasteiger charge is 2.21. The van der Waals surface area contributed by atoms with Crippen LogP contribution in [0.5, 0.6) is 0 Å². The van der Waals surface area contributed by atoms with Gasteiger partial charge in [0, 0.05) is 32.4 Å². The van der Waals surface area contributed by atoms with Gasteiger partial charge in [-0.2, -0.15) is 0 Å². The molecule has 0 amide bonds. The SMILES string of the molecule is NCc1ccc(CN2CCS(=O)(=O)CC2)nc1. The smallest absolute Gasteiger partial charge is 0.152 e. The first-order valence-corrected chi connectivity index (χ1v) is 7.48. The van der Waals surface area contributed by atoms with Gasteiger partial charge in [0.25, 0.3) is 0 Å². The van der Waals surface area contributed by atoms with Crippen molar-refractivity contribution in [2.45, 2.75) is 13.1 Å². The maximum absolute atomic E-state index is 11.3. The fourth-order valence-corrected chi connectivity index (χ4v) is 3.08. The molecule has 0 saturated carbocycles. The van der Waals surface area contributed by atoms with Crippen molar-refractivity contribution in [3.63, 3.8) is 0 Å². The lowest BCUT2D eigenvalue weighted by Gasteiger charge is -2.26. The Bertz CT molecular complexity index is 456.